The molecule has 0 saturated heterocycles. The largest absolute Gasteiger partial charge is 0.471 e. The lowest BCUT2D eigenvalue weighted by atomic mass is 10.0. The highest BCUT2D eigenvalue weighted by atomic mass is 16.5. The molecule has 176 valence electrons. The number of esters is 1. The van der Waals surface area contributed by atoms with Crippen molar-refractivity contribution >= 4 is 35.3 Å². The number of ether oxygens (including phenoxy) is 2. The average Bonchev–Trinajstić information content (AvgIpc) is 3.23. The van der Waals surface area contributed by atoms with E-state index in [-0.39, 0.29) is 29.8 Å². The van der Waals surface area contributed by atoms with Gasteiger partial charge in [0.1, 0.15) is 5.65 Å². The summed E-state index contributed by atoms with van der Waals surface area (Å²) in [7, 11) is 2.65. The van der Waals surface area contributed by atoms with Crippen LogP contribution in [-0.2, 0) is 31.9 Å². The lowest BCUT2D eigenvalue weighted by molar-refractivity contribution is -0.140. The molecule has 11 nitrogen and oxygen atoms in total. The Morgan fingerprint density at radius 2 is 1.88 bits per heavy atom. The van der Waals surface area contributed by atoms with Gasteiger partial charge in [-0.15, -0.1) is 0 Å². The second kappa shape index (κ2) is 12.6. The van der Waals surface area contributed by atoms with Gasteiger partial charge in [-0.2, -0.15) is 4.98 Å². The zero-order valence-electron chi connectivity index (χ0n) is 18.5. The highest BCUT2D eigenvalue weighted by Gasteiger charge is 2.11. The lowest BCUT2D eigenvalue weighted by Crippen LogP contribution is -2.24. The molecule has 0 fully saturated rings. The van der Waals surface area contributed by atoms with Gasteiger partial charge in [0.05, 0.1) is 19.6 Å². The minimum absolute atomic E-state index is 0.0788. The van der Waals surface area contributed by atoms with Crippen LogP contribution in [0.1, 0.15) is 34.3 Å². The van der Waals surface area contributed by atoms with Crippen LogP contribution in [0.15, 0.2) is 35.3 Å². The maximum atomic E-state index is 12.1. The molecule has 0 aliphatic heterocycles. The Hall–Kier alpha value is -4.15. The van der Waals surface area contributed by atoms with Gasteiger partial charge in [0.2, 0.25) is 5.95 Å². The van der Waals surface area contributed by atoms with E-state index >= 15 is 0 Å². The van der Waals surface area contributed by atoms with E-state index in [1.807, 2.05) is 12.1 Å². The van der Waals surface area contributed by atoms with Crippen LogP contribution in [0.3, 0.4) is 0 Å². The topological polar surface area (TPSA) is 169 Å². The third-order valence-corrected chi connectivity index (χ3v) is 4.71. The number of carbonyl (C=O) groups is 3. The number of hydrogen-bond donors (Lipinski definition) is 4. The van der Waals surface area contributed by atoms with Crippen molar-refractivity contribution in [3.8, 4) is 0 Å². The Morgan fingerprint density at radius 3 is 2.52 bits per heavy atom. The second-order valence-electron chi connectivity index (χ2n) is 6.95. The molecule has 0 radical (unpaired) electrons. The molecule has 2 heterocycles. The quantitative estimate of drug-likeness (QED) is 0.210. The first-order valence-corrected chi connectivity index (χ1v) is 10.2. The number of hydrogen-bond acceptors (Lipinski definition) is 8. The van der Waals surface area contributed by atoms with E-state index in [0.29, 0.717) is 48.9 Å². The van der Waals surface area contributed by atoms with Gasteiger partial charge in [-0.1, -0.05) is 12.1 Å². The number of aromatic nitrogens is 3. The minimum Gasteiger partial charge on any atom is -0.471 e. The minimum atomic E-state index is -0.292. The van der Waals surface area contributed by atoms with Gasteiger partial charge < -0.3 is 25.5 Å². The van der Waals surface area contributed by atoms with Crippen LogP contribution in [0.25, 0.3) is 11.0 Å². The van der Waals surface area contributed by atoms with Crippen LogP contribution < -0.4 is 16.6 Å². The third-order valence-electron chi connectivity index (χ3n) is 4.71. The molecule has 33 heavy (non-hydrogen) atoms. The van der Waals surface area contributed by atoms with Crippen molar-refractivity contribution in [1.29, 1.82) is 0 Å². The van der Waals surface area contributed by atoms with Gasteiger partial charge in [0.25, 0.3) is 17.9 Å². The zero-order valence-corrected chi connectivity index (χ0v) is 18.5. The number of amides is 1. The molecule has 5 N–H and O–H groups in total. The smallest absolute Gasteiger partial charge is 0.305 e. The summed E-state index contributed by atoms with van der Waals surface area (Å²) < 4.78 is 8.42. The molecule has 0 bridgehead atoms. The molecule has 1 amide bonds. The number of carbonyl (C=O) groups excluding carboxylic acids is 3. The lowest BCUT2D eigenvalue weighted by Gasteiger charge is -2.06. The van der Waals surface area contributed by atoms with Crippen molar-refractivity contribution in [2.45, 2.75) is 25.7 Å². The van der Waals surface area contributed by atoms with Crippen LogP contribution in [0.2, 0.25) is 0 Å². The number of nitrogens with zero attached hydrogens (tertiary/aromatic N) is 1. The second-order valence-corrected chi connectivity index (χ2v) is 6.95. The molecule has 0 unspecified atom stereocenters. The summed E-state index contributed by atoms with van der Waals surface area (Å²) in [4.78, 5) is 53.8. The van der Waals surface area contributed by atoms with E-state index in [9.17, 15) is 14.4 Å². The van der Waals surface area contributed by atoms with Gasteiger partial charge >= 0.3 is 5.97 Å². The fourth-order valence-corrected chi connectivity index (χ4v) is 3.06. The summed E-state index contributed by atoms with van der Waals surface area (Å²) in [6.07, 6.45) is 3.92. The molecule has 0 aliphatic rings. The van der Waals surface area contributed by atoms with Crippen molar-refractivity contribution in [2.75, 3.05) is 26.5 Å². The Morgan fingerprint density at radius 1 is 1.18 bits per heavy atom. The molecule has 3 rings (SSSR count). The van der Waals surface area contributed by atoms with Crippen LogP contribution >= 0.6 is 0 Å². The highest BCUT2D eigenvalue weighted by Crippen LogP contribution is 2.16. The Bertz CT molecular complexity index is 1140. The first kappa shape index (κ1) is 25.1. The average molecular weight is 457 g/mol. The number of rotatable bonds is 9. The summed E-state index contributed by atoms with van der Waals surface area (Å²) in [5, 5.41) is 3.29. The third kappa shape index (κ3) is 7.49. The molecule has 0 saturated carbocycles. The summed E-state index contributed by atoms with van der Waals surface area (Å²) in [5.41, 5.74) is 8.22. The number of nitrogen functional groups attached to an aromatic ring is 1. The molecule has 3 aromatic rings. The summed E-state index contributed by atoms with van der Waals surface area (Å²) in [5.74, 6) is -0.400. The van der Waals surface area contributed by atoms with Gasteiger partial charge in [-0.25, -0.2) is 0 Å². The Kier molecular flexibility index (Phi) is 9.62. The van der Waals surface area contributed by atoms with Crippen LogP contribution in [-0.4, -0.2) is 54.1 Å². The molecule has 11 heteroatoms. The van der Waals surface area contributed by atoms with Crippen molar-refractivity contribution < 1.29 is 23.9 Å². The number of anilines is 1. The highest BCUT2D eigenvalue weighted by molar-refractivity contribution is 5.94. The summed E-state index contributed by atoms with van der Waals surface area (Å²) in [6, 6.07) is 7.29. The molecular formula is C22H27N5O6. The summed E-state index contributed by atoms with van der Waals surface area (Å²) >= 11 is 0. The van der Waals surface area contributed by atoms with E-state index < -0.39 is 0 Å². The van der Waals surface area contributed by atoms with Gasteiger partial charge in [0.15, 0.2) is 0 Å². The normalized spacial score (nSPS) is 10.1. The number of fused-ring (bicyclic) bond motifs is 1. The van der Waals surface area contributed by atoms with Crippen LogP contribution in [0.4, 0.5) is 5.95 Å². The Balaban J connectivity index is 0.000000890. The van der Waals surface area contributed by atoms with E-state index in [1.54, 1.807) is 18.3 Å². The number of H-pyrrole nitrogens is 2. The van der Waals surface area contributed by atoms with E-state index in [1.165, 1.54) is 14.2 Å². The zero-order chi connectivity index (χ0) is 24.2. The summed E-state index contributed by atoms with van der Waals surface area (Å²) in [6.45, 7) is 0.781. The number of nitrogens with two attached hydrogens (primary N) is 1. The SMILES string of the molecule is COC(=O)CCCNC(=O)c1ccc(CCc2c[nH]c3nc(N)[nH]c(=O)c23)cc1.COC=O. The molecule has 2 aromatic heterocycles. The maximum absolute atomic E-state index is 12.1. The van der Waals surface area contributed by atoms with Crippen molar-refractivity contribution in [1.82, 2.24) is 20.3 Å². The molecular weight excluding hydrogens is 430 g/mol. The predicted molar refractivity (Wildman–Crippen MR) is 122 cm³/mol. The van der Waals surface area contributed by atoms with E-state index in [2.05, 4.69) is 29.7 Å². The van der Waals surface area contributed by atoms with Crippen LogP contribution in [0, 0.1) is 0 Å². The standard InChI is InChI=1S/C20H23N5O4.C2H4O2/c1-29-15(26)3-2-10-22-18(27)13-7-4-12(5-8-13)6-9-14-11-23-17-16(14)19(28)25-20(21)24-17;1-4-2-3/h4-5,7-8,11H,2-3,6,9-10H2,1H3,(H,22,27)(H4,21,23,24,25,28);2H,1H3. The fraction of sp³-hybridized carbons (Fsp3) is 0.318. The number of methoxy groups -OCH3 is 2. The molecule has 0 atom stereocenters. The van der Waals surface area contributed by atoms with Gasteiger partial charge in [-0.05, 0) is 42.5 Å². The van der Waals surface area contributed by atoms with Crippen molar-refractivity contribution in [3.63, 3.8) is 0 Å². The maximum Gasteiger partial charge on any atom is 0.305 e. The van der Waals surface area contributed by atoms with Gasteiger partial charge in [-0.3, -0.25) is 24.2 Å². The molecule has 0 aliphatic carbocycles. The number of aromatic amines is 2. The first-order chi connectivity index (χ1) is 15.9. The first-order valence-electron chi connectivity index (χ1n) is 10.2. The van der Waals surface area contributed by atoms with Crippen LogP contribution in [0.5, 0.6) is 0 Å². The number of aryl methyl sites for hydroxylation is 2. The van der Waals surface area contributed by atoms with Crippen molar-refractivity contribution in [3.05, 3.63) is 57.5 Å². The number of benzene rings is 1. The number of nitrogens with one attached hydrogen (secondary N) is 3. The molecule has 0 spiro atoms. The predicted octanol–water partition coefficient (Wildman–Crippen LogP) is 1.09. The van der Waals surface area contributed by atoms with Gasteiger partial charge in [0, 0.05) is 24.7 Å². The monoisotopic (exact) mass is 457 g/mol. The van der Waals surface area contributed by atoms with Crippen molar-refractivity contribution in [2.24, 2.45) is 0 Å². The fourth-order valence-electron chi connectivity index (χ4n) is 3.06. The van der Waals surface area contributed by atoms with E-state index in [4.69, 9.17) is 10.5 Å². The molecule has 1 aromatic carbocycles. The van der Waals surface area contributed by atoms with E-state index in [0.717, 1.165) is 11.1 Å². The Labute approximate surface area is 189 Å².